The van der Waals surface area contributed by atoms with Crippen molar-refractivity contribution in [3.8, 4) is 11.5 Å². The van der Waals surface area contributed by atoms with Gasteiger partial charge in [-0.25, -0.2) is 0 Å². The number of likely N-dealkylation sites (tertiary alicyclic amines) is 1. The summed E-state index contributed by atoms with van der Waals surface area (Å²) >= 11 is 0. The number of nitrogens with zero attached hydrogens (tertiary/aromatic N) is 1. The monoisotopic (exact) mass is 325 g/mol. The van der Waals surface area contributed by atoms with Gasteiger partial charge < -0.3 is 15.8 Å². The molecule has 0 bridgehead atoms. The first kappa shape index (κ1) is 16.5. The van der Waals surface area contributed by atoms with Gasteiger partial charge in [-0.15, -0.1) is 0 Å². The number of nitrogens with two attached hydrogens (primary N) is 1. The number of nitrogens with one attached hydrogen (secondary N) is 1. The first-order valence-corrected chi connectivity index (χ1v) is 8.30. The zero-order valence-electron chi connectivity index (χ0n) is 13.7. The van der Waals surface area contributed by atoms with E-state index >= 15 is 0 Å². The van der Waals surface area contributed by atoms with Gasteiger partial charge in [0.05, 0.1) is 6.54 Å². The molecule has 3 rings (SSSR count). The number of carbonyl (C=O) groups excluding carboxylic acids is 1. The highest BCUT2D eigenvalue weighted by Gasteiger charge is 2.18. The summed E-state index contributed by atoms with van der Waals surface area (Å²) in [5, 5.41) is 2.92. The number of anilines is 1. The number of benzene rings is 2. The average Bonchev–Trinajstić information content (AvgIpc) is 2.60. The second-order valence-electron chi connectivity index (χ2n) is 6.10. The van der Waals surface area contributed by atoms with Crippen LogP contribution in [-0.2, 0) is 4.79 Å². The van der Waals surface area contributed by atoms with Gasteiger partial charge in [-0.2, -0.15) is 0 Å². The molecule has 5 heteroatoms. The quantitative estimate of drug-likeness (QED) is 0.887. The number of amides is 1. The second-order valence-corrected chi connectivity index (χ2v) is 6.10. The normalized spacial score (nSPS) is 15.9. The van der Waals surface area contributed by atoms with E-state index in [4.69, 9.17) is 10.5 Å². The molecule has 5 nitrogen and oxygen atoms in total. The molecular weight excluding hydrogens is 302 g/mol. The SMILES string of the molecule is NC1CCN(CC(=O)Nc2ccc(Oc3ccccc3)cc2)CC1. The van der Waals surface area contributed by atoms with Crippen molar-refractivity contribution in [2.24, 2.45) is 5.73 Å². The molecule has 2 aromatic carbocycles. The lowest BCUT2D eigenvalue weighted by Crippen LogP contribution is -2.43. The second kappa shape index (κ2) is 7.95. The van der Waals surface area contributed by atoms with E-state index in [-0.39, 0.29) is 11.9 Å². The smallest absolute Gasteiger partial charge is 0.238 e. The van der Waals surface area contributed by atoms with Crippen molar-refractivity contribution in [1.82, 2.24) is 4.90 Å². The Hall–Kier alpha value is -2.37. The topological polar surface area (TPSA) is 67.6 Å². The average molecular weight is 325 g/mol. The van der Waals surface area contributed by atoms with Crippen molar-refractivity contribution >= 4 is 11.6 Å². The lowest BCUT2D eigenvalue weighted by molar-refractivity contribution is -0.117. The van der Waals surface area contributed by atoms with Crippen LogP contribution in [0.4, 0.5) is 5.69 Å². The molecule has 1 heterocycles. The molecule has 0 unspecified atom stereocenters. The molecule has 0 aliphatic carbocycles. The van der Waals surface area contributed by atoms with Crippen molar-refractivity contribution in [3.63, 3.8) is 0 Å². The number of rotatable bonds is 5. The number of piperidine rings is 1. The molecule has 2 aromatic rings. The van der Waals surface area contributed by atoms with Gasteiger partial charge in [0.25, 0.3) is 0 Å². The summed E-state index contributed by atoms with van der Waals surface area (Å²) < 4.78 is 5.74. The summed E-state index contributed by atoms with van der Waals surface area (Å²) in [7, 11) is 0. The van der Waals surface area contributed by atoms with E-state index in [1.54, 1.807) is 0 Å². The van der Waals surface area contributed by atoms with Crippen molar-refractivity contribution in [1.29, 1.82) is 0 Å². The van der Waals surface area contributed by atoms with Gasteiger partial charge in [-0.3, -0.25) is 9.69 Å². The van der Waals surface area contributed by atoms with Gasteiger partial charge in [0.2, 0.25) is 5.91 Å². The van der Waals surface area contributed by atoms with E-state index in [9.17, 15) is 4.79 Å². The molecule has 1 fully saturated rings. The van der Waals surface area contributed by atoms with E-state index < -0.39 is 0 Å². The van der Waals surface area contributed by atoms with Crippen LogP contribution in [0, 0.1) is 0 Å². The minimum Gasteiger partial charge on any atom is -0.457 e. The molecule has 1 amide bonds. The molecule has 1 aliphatic heterocycles. The molecule has 0 saturated carbocycles. The number of hydrogen-bond acceptors (Lipinski definition) is 4. The van der Waals surface area contributed by atoms with Crippen LogP contribution in [-0.4, -0.2) is 36.5 Å². The van der Waals surface area contributed by atoms with Crippen LogP contribution in [0.1, 0.15) is 12.8 Å². The summed E-state index contributed by atoms with van der Waals surface area (Å²) in [5.74, 6) is 1.53. The van der Waals surface area contributed by atoms with Crippen molar-refractivity contribution in [2.75, 3.05) is 25.0 Å². The zero-order chi connectivity index (χ0) is 16.8. The minimum atomic E-state index is 0.00204. The van der Waals surface area contributed by atoms with Crippen LogP contribution in [0.15, 0.2) is 54.6 Å². The molecule has 1 aliphatic rings. The summed E-state index contributed by atoms with van der Waals surface area (Å²) in [6, 6.07) is 17.3. The summed E-state index contributed by atoms with van der Waals surface area (Å²) in [6.07, 6.45) is 1.91. The first-order valence-electron chi connectivity index (χ1n) is 8.30. The Bertz CT molecular complexity index is 650. The third-order valence-corrected chi connectivity index (χ3v) is 4.12. The van der Waals surface area contributed by atoms with Crippen LogP contribution < -0.4 is 15.8 Å². The van der Waals surface area contributed by atoms with Crippen molar-refractivity contribution in [2.45, 2.75) is 18.9 Å². The Balaban J connectivity index is 1.49. The number of para-hydroxylation sites is 1. The minimum absolute atomic E-state index is 0.00204. The van der Waals surface area contributed by atoms with E-state index in [0.717, 1.165) is 43.1 Å². The molecule has 1 saturated heterocycles. The maximum atomic E-state index is 12.1. The predicted octanol–water partition coefficient (Wildman–Crippen LogP) is 2.84. The van der Waals surface area contributed by atoms with E-state index in [0.29, 0.717) is 6.54 Å². The van der Waals surface area contributed by atoms with Crippen LogP contribution in [0.2, 0.25) is 0 Å². The van der Waals surface area contributed by atoms with E-state index in [1.165, 1.54) is 0 Å². The number of ether oxygens (including phenoxy) is 1. The largest absolute Gasteiger partial charge is 0.457 e. The maximum Gasteiger partial charge on any atom is 0.238 e. The third kappa shape index (κ3) is 4.81. The predicted molar refractivity (Wildman–Crippen MR) is 95.2 cm³/mol. The maximum absolute atomic E-state index is 12.1. The molecule has 3 N–H and O–H groups in total. The van der Waals surface area contributed by atoms with Crippen LogP contribution in [0.25, 0.3) is 0 Å². The standard InChI is InChI=1S/C19H23N3O2/c20-15-10-12-22(13-11-15)14-19(23)21-16-6-8-18(9-7-16)24-17-4-2-1-3-5-17/h1-9,15H,10-14,20H2,(H,21,23). The first-order chi connectivity index (χ1) is 11.7. The Morgan fingerprint density at radius 2 is 1.67 bits per heavy atom. The van der Waals surface area contributed by atoms with Crippen LogP contribution >= 0.6 is 0 Å². The number of hydrogen-bond donors (Lipinski definition) is 2. The molecule has 0 aromatic heterocycles. The summed E-state index contributed by atoms with van der Waals surface area (Å²) in [4.78, 5) is 14.3. The fourth-order valence-electron chi connectivity index (χ4n) is 2.75. The van der Waals surface area contributed by atoms with Gasteiger partial charge in [-0.05, 0) is 49.2 Å². The highest BCUT2D eigenvalue weighted by Crippen LogP contribution is 2.22. The van der Waals surface area contributed by atoms with Gasteiger partial charge in [-0.1, -0.05) is 18.2 Å². The van der Waals surface area contributed by atoms with Gasteiger partial charge in [0, 0.05) is 24.8 Å². The van der Waals surface area contributed by atoms with Crippen LogP contribution in [0.5, 0.6) is 11.5 Å². The molecule has 0 atom stereocenters. The van der Waals surface area contributed by atoms with E-state index in [1.807, 2.05) is 54.6 Å². The van der Waals surface area contributed by atoms with E-state index in [2.05, 4.69) is 10.2 Å². The lowest BCUT2D eigenvalue weighted by atomic mass is 10.1. The summed E-state index contributed by atoms with van der Waals surface area (Å²) in [6.45, 7) is 2.19. The fourth-order valence-corrected chi connectivity index (χ4v) is 2.75. The molecule has 0 radical (unpaired) electrons. The van der Waals surface area contributed by atoms with Gasteiger partial charge >= 0.3 is 0 Å². The number of carbonyl (C=O) groups is 1. The summed E-state index contributed by atoms with van der Waals surface area (Å²) in [5.41, 5.74) is 6.65. The van der Waals surface area contributed by atoms with Crippen molar-refractivity contribution < 1.29 is 9.53 Å². The third-order valence-electron chi connectivity index (χ3n) is 4.12. The van der Waals surface area contributed by atoms with Gasteiger partial charge in [0.15, 0.2) is 0 Å². The molecular formula is C19H23N3O2. The zero-order valence-corrected chi connectivity index (χ0v) is 13.7. The Kier molecular flexibility index (Phi) is 5.46. The highest BCUT2D eigenvalue weighted by atomic mass is 16.5. The van der Waals surface area contributed by atoms with Crippen molar-refractivity contribution in [3.05, 3.63) is 54.6 Å². The Morgan fingerprint density at radius 3 is 2.33 bits per heavy atom. The molecule has 0 spiro atoms. The molecule has 126 valence electrons. The highest BCUT2D eigenvalue weighted by molar-refractivity contribution is 5.92. The molecule has 24 heavy (non-hydrogen) atoms. The van der Waals surface area contributed by atoms with Gasteiger partial charge in [0.1, 0.15) is 11.5 Å². The lowest BCUT2D eigenvalue weighted by Gasteiger charge is -2.29. The fraction of sp³-hybridized carbons (Fsp3) is 0.316. The Labute approximate surface area is 142 Å². The Morgan fingerprint density at radius 1 is 1.04 bits per heavy atom. The van der Waals surface area contributed by atoms with Crippen LogP contribution in [0.3, 0.4) is 0 Å².